The third kappa shape index (κ3) is 3.08. The molecule has 0 aromatic carbocycles. The van der Waals surface area contributed by atoms with Gasteiger partial charge in [0.15, 0.2) is 9.84 Å². The zero-order chi connectivity index (χ0) is 11.6. The molecule has 9 heteroatoms. The quantitative estimate of drug-likeness (QED) is 0.475. The van der Waals surface area contributed by atoms with E-state index in [1.807, 2.05) is 0 Å². The number of halogens is 2. The van der Waals surface area contributed by atoms with Crippen LogP contribution in [0.4, 0.5) is 5.88 Å². The van der Waals surface area contributed by atoms with Crippen molar-refractivity contribution in [2.75, 3.05) is 0 Å². The van der Waals surface area contributed by atoms with Crippen LogP contribution in [0.1, 0.15) is 5.76 Å². The summed E-state index contributed by atoms with van der Waals surface area (Å²) < 4.78 is 25.4. The van der Waals surface area contributed by atoms with Crippen LogP contribution in [0.3, 0.4) is 0 Å². The van der Waals surface area contributed by atoms with Crippen LogP contribution in [0.15, 0.2) is 16.5 Å². The number of nitrogens with zero attached hydrogens (tertiary/aromatic N) is 1. The molecule has 84 valence electrons. The first-order chi connectivity index (χ1) is 6.83. The molecular formula is C6H5Cl2NO5S. The summed E-state index contributed by atoms with van der Waals surface area (Å²) in [5.74, 6) is -1.17. The monoisotopic (exact) mass is 273 g/mol. The molecule has 0 saturated carbocycles. The van der Waals surface area contributed by atoms with E-state index in [1.165, 1.54) is 6.07 Å². The maximum Gasteiger partial charge on any atom is 0.433 e. The largest absolute Gasteiger partial charge is 0.433 e. The van der Waals surface area contributed by atoms with Crippen molar-refractivity contribution in [1.29, 1.82) is 0 Å². The molecule has 15 heavy (non-hydrogen) atoms. The van der Waals surface area contributed by atoms with Gasteiger partial charge in [-0.25, -0.2) is 8.42 Å². The molecule has 0 unspecified atom stereocenters. The Labute approximate surface area is 94.8 Å². The number of nitro groups is 1. The lowest BCUT2D eigenvalue weighted by Crippen LogP contribution is -2.11. The number of hydrogen-bond acceptors (Lipinski definition) is 5. The maximum atomic E-state index is 11.2. The molecule has 0 bridgehead atoms. The smallest absolute Gasteiger partial charge is 0.405 e. The molecule has 0 saturated heterocycles. The Balaban J connectivity index is 2.87. The molecule has 0 N–H and O–H groups in total. The van der Waals surface area contributed by atoms with Gasteiger partial charge >= 0.3 is 5.88 Å². The maximum absolute atomic E-state index is 11.2. The van der Waals surface area contributed by atoms with E-state index in [0.29, 0.717) is 0 Å². The van der Waals surface area contributed by atoms with Crippen molar-refractivity contribution in [2.45, 2.75) is 9.92 Å². The first-order valence-corrected chi connectivity index (χ1v) is 6.14. The number of alkyl halides is 2. The topological polar surface area (TPSA) is 90.4 Å². The van der Waals surface area contributed by atoms with Gasteiger partial charge in [-0.05, 0) is 6.07 Å². The molecule has 0 aliphatic carbocycles. The van der Waals surface area contributed by atoms with Crippen molar-refractivity contribution < 1.29 is 17.8 Å². The molecular weight excluding hydrogens is 269 g/mol. The minimum absolute atomic E-state index is 0.0759. The zero-order valence-corrected chi connectivity index (χ0v) is 9.42. The lowest BCUT2D eigenvalue weighted by atomic mass is 10.5. The van der Waals surface area contributed by atoms with Crippen molar-refractivity contribution in [3.8, 4) is 0 Å². The zero-order valence-electron chi connectivity index (χ0n) is 7.09. The molecule has 0 radical (unpaired) electrons. The normalized spacial score (nSPS) is 11.9. The summed E-state index contributed by atoms with van der Waals surface area (Å²) in [5.41, 5.74) is 0. The fourth-order valence-corrected chi connectivity index (χ4v) is 1.86. The molecule has 1 rings (SSSR count). The fraction of sp³-hybridized carbons (Fsp3) is 0.333. The van der Waals surface area contributed by atoms with Crippen LogP contribution < -0.4 is 0 Å². The van der Waals surface area contributed by atoms with Crippen LogP contribution in [0.2, 0.25) is 0 Å². The third-order valence-corrected chi connectivity index (χ3v) is 4.30. The lowest BCUT2D eigenvalue weighted by Gasteiger charge is -2.00. The van der Waals surface area contributed by atoms with Gasteiger partial charge in [-0.3, -0.25) is 10.1 Å². The third-order valence-electron chi connectivity index (χ3n) is 1.44. The van der Waals surface area contributed by atoms with Gasteiger partial charge in [-0.2, -0.15) is 0 Å². The minimum atomic E-state index is -3.75. The highest BCUT2D eigenvalue weighted by molar-refractivity contribution is 7.93. The molecule has 0 fully saturated rings. The predicted octanol–water partition coefficient (Wildman–Crippen LogP) is 1.86. The van der Waals surface area contributed by atoms with Crippen LogP contribution in [0, 0.1) is 10.1 Å². The molecule has 1 aromatic heterocycles. The molecule has 6 nitrogen and oxygen atoms in total. The van der Waals surface area contributed by atoms with Crippen LogP contribution in [-0.2, 0) is 15.6 Å². The molecule has 0 aliphatic rings. The number of rotatable bonds is 4. The molecule has 0 atom stereocenters. The Morgan fingerprint density at radius 1 is 1.47 bits per heavy atom. The highest BCUT2D eigenvalue weighted by Crippen LogP contribution is 2.21. The first kappa shape index (κ1) is 12.3. The Bertz CT molecular complexity index is 466. The van der Waals surface area contributed by atoms with Crippen molar-refractivity contribution in [3.63, 3.8) is 0 Å². The van der Waals surface area contributed by atoms with Crippen LogP contribution in [-0.4, -0.2) is 17.5 Å². The average Bonchev–Trinajstić information content (AvgIpc) is 2.51. The summed E-state index contributed by atoms with van der Waals surface area (Å²) in [6.45, 7) is 0. The SMILES string of the molecule is O=[N+]([O-])c1ccc(CS(=O)(=O)C(Cl)Cl)o1. The average molecular weight is 274 g/mol. The van der Waals surface area contributed by atoms with E-state index >= 15 is 0 Å². The highest BCUT2D eigenvalue weighted by atomic mass is 35.5. The van der Waals surface area contributed by atoms with E-state index < -0.39 is 30.6 Å². The van der Waals surface area contributed by atoms with Gasteiger partial charge in [0.1, 0.15) is 16.4 Å². The van der Waals surface area contributed by atoms with E-state index in [9.17, 15) is 18.5 Å². The van der Waals surface area contributed by atoms with Gasteiger partial charge in [0, 0.05) is 0 Å². The van der Waals surface area contributed by atoms with E-state index in [-0.39, 0.29) is 5.76 Å². The van der Waals surface area contributed by atoms with Crippen LogP contribution >= 0.6 is 23.2 Å². The van der Waals surface area contributed by atoms with E-state index in [2.05, 4.69) is 4.42 Å². The van der Waals surface area contributed by atoms with Crippen molar-refractivity contribution in [2.24, 2.45) is 0 Å². The Hall–Kier alpha value is -0.790. The highest BCUT2D eigenvalue weighted by Gasteiger charge is 2.24. The van der Waals surface area contributed by atoms with Crippen LogP contribution in [0.5, 0.6) is 0 Å². The summed E-state index contributed by atoms with van der Waals surface area (Å²) in [5, 5.41) is 10.2. The lowest BCUT2D eigenvalue weighted by molar-refractivity contribution is -0.402. The summed E-state index contributed by atoms with van der Waals surface area (Å²) in [4.78, 5) is 9.46. The molecule has 0 amide bonds. The second-order valence-corrected chi connectivity index (χ2v) is 6.26. The number of furan rings is 1. The number of hydrogen-bond donors (Lipinski definition) is 0. The second kappa shape index (κ2) is 4.38. The molecule has 0 spiro atoms. The van der Waals surface area contributed by atoms with Gasteiger partial charge in [0.2, 0.25) is 4.17 Å². The first-order valence-electron chi connectivity index (χ1n) is 3.56. The Morgan fingerprint density at radius 3 is 2.47 bits per heavy atom. The standard InChI is InChI=1S/C6H5Cl2NO5S/c7-6(8)15(12,13)3-4-1-2-5(14-4)9(10)11/h1-2,6H,3H2. The predicted molar refractivity (Wildman–Crippen MR) is 53.5 cm³/mol. The fourth-order valence-electron chi connectivity index (χ4n) is 0.804. The molecule has 1 heterocycles. The van der Waals surface area contributed by atoms with Gasteiger partial charge < -0.3 is 4.42 Å². The molecule has 0 aliphatic heterocycles. The Morgan fingerprint density at radius 2 is 2.07 bits per heavy atom. The second-order valence-electron chi connectivity index (χ2n) is 2.56. The van der Waals surface area contributed by atoms with E-state index in [1.54, 1.807) is 0 Å². The summed E-state index contributed by atoms with van der Waals surface area (Å²) >= 11 is 10.4. The Kier molecular flexibility index (Phi) is 3.58. The van der Waals surface area contributed by atoms with E-state index in [0.717, 1.165) is 6.07 Å². The van der Waals surface area contributed by atoms with Crippen molar-refractivity contribution >= 4 is 38.9 Å². The van der Waals surface area contributed by atoms with Gasteiger partial charge in [-0.15, -0.1) is 0 Å². The van der Waals surface area contributed by atoms with Gasteiger partial charge in [-0.1, -0.05) is 23.2 Å². The van der Waals surface area contributed by atoms with Crippen molar-refractivity contribution in [1.82, 2.24) is 0 Å². The van der Waals surface area contributed by atoms with E-state index in [4.69, 9.17) is 23.2 Å². The molecule has 1 aromatic rings. The van der Waals surface area contributed by atoms with Crippen molar-refractivity contribution in [3.05, 3.63) is 28.0 Å². The summed E-state index contributed by atoms with van der Waals surface area (Å²) in [6.07, 6.45) is 0. The summed E-state index contributed by atoms with van der Waals surface area (Å²) in [6, 6.07) is 2.24. The number of sulfone groups is 1. The summed E-state index contributed by atoms with van der Waals surface area (Å²) in [7, 11) is -3.75. The minimum Gasteiger partial charge on any atom is -0.405 e. The van der Waals surface area contributed by atoms with Crippen LogP contribution in [0.25, 0.3) is 0 Å². The van der Waals surface area contributed by atoms with Gasteiger partial charge in [0.25, 0.3) is 0 Å². The van der Waals surface area contributed by atoms with Gasteiger partial charge in [0.05, 0.1) is 6.07 Å².